The van der Waals surface area contributed by atoms with Gasteiger partial charge >= 0.3 is 0 Å². The minimum Gasteiger partial charge on any atom is -0.341 e. The summed E-state index contributed by atoms with van der Waals surface area (Å²) >= 11 is 0. The Labute approximate surface area is 126 Å². The summed E-state index contributed by atoms with van der Waals surface area (Å²) in [5, 5.41) is 0. The highest BCUT2D eigenvalue weighted by Gasteiger charge is 2.27. The van der Waals surface area contributed by atoms with E-state index in [9.17, 15) is 0 Å². The fraction of sp³-hybridized carbons (Fsp3) is 0.786. The number of nitrogens with zero attached hydrogens (tertiary/aromatic N) is 5. The number of nitrogens with two attached hydrogens (primary N) is 1. The van der Waals surface area contributed by atoms with E-state index < -0.39 is 0 Å². The van der Waals surface area contributed by atoms with E-state index in [1.165, 1.54) is 12.8 Å². The lowest BCUT2D eigenvalue weighted by Crippen LogP contribution is -2.40. The van der Waals surface area contributed by atoms with Gasteiger partial charge in [-0.3, -0.25) is 5.43 Å². The van der Waals surface area contributed by atoms with Gasteiger partial charge < -0.3 is 9.80 Å². The molecule has 1 atom stereocenters. The minimum absolute atomic E-state index is 0.130. The lowest BCUT2D eigenvalue weighted by Gasteiger charge is -2.35. The summed E-state index contributed by atoms with van der Waals surface area (Å²) < 4.78 is 0. The number of nitrogens with one attached hydrogen (secondary N) is 1. The van der Waals surface area contributed by atoms with Gasteiger partial charge in [-0.25, -0.2) is 5.84 Å². The molecule has 0 aromatic carbocycles. The number of nitrogen functional groups attached to an aromatic ring is 1. The van der Waals surface area contributed by atoms with Crippen LogP contribution in [-0.4, -0.2) is 41.1 Å². The standard InChI is InChI=1S/C14H27N7/c1-10(14(2,3)4)20(5)12-16-11(19-15)17-13(18-12)21-8-6-7-9-21/h10H,6-9,15H2,1-5H3,(H,16,17,18,19). The van der Waals surface area contributed by atoms with Crippen LogP contribution in [0, 0.1) is 5.41 Å². The lowest BCUT2D eigenvalue weighted by atomic mass is 9.87. The predicted molar refractivity (Wildman–Crippen MR) is 86.4 cm³/mol. The van der Waals surface area contributed by atoms with E-state index >= 15 is 0 Å². The van der Waals surface area contributed by atoms with E-state index in [1.54, 1.807) is 0 Å². The highest BCUT2D eigenvalue weighted by Crippen LogP contribution is 2.27. The van der Waals surface area contributed by atoms with E-state index in [1.807, 2.05) is 7.05 Å². The molecule has 2 heterocycles. The van der Waals surface area contributed by atoms with Crippen LogP contribution in [0.2, 0.25) is 0 Å². The molecule has 7 nitrogen and oxygen atoms in total. The summed E-state index contributed by atoms with van der Waals surface area (Å²) in [6.07, 6.45) is 2.36. The molecule has 0 aliphatic carbocycles. The van der Waals surface area contributed by atoms with E-state index in [0.717, 1.165) is 13.1 Å². The number of rotatable bonds is 4. The minimum atomic E-state index is 0.130. The van der Waals surface area contributed by atoms with Crippen molar-refractivity contribution >= 4 is 17.8 Å². The molecule has 1 fully saturated rings. The Hall–Kier alpha value is -1.63. The fourth-order valence-corrected chi connectivity index (χ4v) is 2.39. The van der Waals surface area contributed by atoms with Gasteiger partial charge in [-0.05, 0) is 25.2 Å². The molecular formula is C14H27N7. The zero-order valence-electron chi connectivity index (χ0n) is 13.7. The average Bonchev–Trinajstić information content (AvgIpc) is 2.98. The molecule has 3 N–H and O–H groups in total. The van der Waals surface area contributed by atoms with Crippen molar-refractivity contribution in [2.24, 2.45) is 11.3 Å². The van der Waals surface area contributed by atoms with Crippen LogP contribution in [0.15, 0.2) is 0 Å². The first-order valence-electron chi connectivity index (χ1n) is 7.53. The van der Waals surface area contributed by atoms with Gasteiger partial charge in [-0.1, -0.05) is 20.8 Å². The summed E-state index contributed by atoms with van der Waals surface area (Å²) in [6, 6.07) is 0.289. The van der Waals surface area contributed by atoms with E-state index in [4.69, 9.17) is 5.84 Å². The topological polar surface area (TPSA) is 83.2 Å². The SMILES string of the molecule is CC(N(C)c1nc(NN)nc(N2CCCC2)n1)C(C)(C)C. The van der Waals surface area contributed by atoms with Gasteiger partial charge in [0.05, 0.1) is 0 Å². The second-order valence-electron chi connectivity index (χ2n) is 6.75. The summed E-state index contributed by atoms with van der Waals surface area (Å²) in [5.74, 6) is 7.28. The molecule has 0 amide bonds. The molecule has 1 unspecified atom stereocenters. The van der Waals surface area contributed by atoms with E-state index in [-0.39, 0.29) is 11.5 Å². The third-order valence-corrected chi connectivity index (χ3v) is 4.28. The lowest BCUT2D eigenvalue weighted by molar-refractivity contribution is 0.327. The van der Waals surface area contributed by atoms with Crippen molar-refractivity contribution in [2.45, 2.75) is 46.6 Å². The van der Waals surface area contributed by atoms with Crippen LogP contribution in [0.25, 0.3) is 0 Å². The van der Waals surface area contributed by atoms with Gasteiger partial charge in [0.15, 0.2) is 0 Å². The summed E-state index contributed by atoms with van der Waals surface area (Å²) in [4.78, 5) is 17.7. The molecule has 1 aromatic rings. The van der Waals surface area contributed by atoms with Gasteiger partial charge in [-0.15, -0.1) is 0 Å². The van der Waals surface area contributed by atoms with E-state index in [2.05, 4.69) is 57.9 Å². The average molecular weight is 293 g/mol. The molecule has 0 spiro atoms. The van der Waals surface area contributed by atoms with Gasteiger partial charge in [0.25, 0.3) is 0 Å². The molecule has 1 aliphatic rings. The number of hydrogen-bond acceptors (Lipinski definition) is 7. The van der Waals surface area contributed by atoms with Gasteiger partial charge in [0.1, 0.15) is 0 Å². The molecule has 0 bridgehead atoms. The summed E-state index contributed by atoms with van der Waals surface area (Å²) in [6.45, 7) is 10.8. The second-order valence-corrected chi connectivity index (χ2v) is 6.75. The summed E-state index contributed by atoms with van der Waals surface area (Å²) in [5.41, 5.74) is 2.68. The van der Waals surface area contributed by atoms with Gasteiger partial charge in [-0.2, -0.15) is 15.0 Å². The molecule has 1 aliphatic heterocycles. The Morgan fingerprint density at radius 1 is 1.19 bits per heavy atom. The monoisotopic (exact) mass is 293 g/mol. The molecule has 7 heteroatoms. The van der Waals surface area contributed by atoms with Crippen LogP contribution >= 0.6 is 0 Å². The maximum Gasteiger partial charge on any atom is 0.243 e. The summed E-state index contributed by atoms with van der Waals surface area (Å²) in [7, 11) is 2.01. The molecule has 1 saturated heterocycles. The van der Waals surface area contributed by atoms with Crippen molar-refractivity contribution in [3.8, 4) is 0 Å². The van der Waals surface area contributed by atoms with Crippen molar-refractivity contribution in [3.63, 3.8) is 0 Å². The Morgan fingerprint density at radius 2 is 1.81 bits per heavy atom. The Kier molecular flexibility index (Phi) is 4.51. The highest BCUT2D eigenvalue weighted by molar-refractivity contribution is 5.45. The van der Waals surface area contributed by atoms with Crippen molar-refractivity contribution in [2.75, 3.05) is 35.4 Å². The third-order valence-electron chi connectivity index (χ3n) is 4.28. The smallest absolute Gasteiger partial charge is 0.243 e. The zero-order chi connectivity index (χ0) is 15.6. The molecule has 0 radical (unpaired) electrons. The third kappa shape index (κ3) is 3.53. The molecular weight excluding hydrogens is 266 g/mol. The number of aromatic nitrogens is 3. The van der Waals surface area contributed by atoms with Crippen LogP contribution in [0.5, 0.6) is 0 Å². The van der Waals surface area contributed by atoms with Crippen molar-refractivity contribution in [1.82, 2.24) is 15.0 Å². The molecule has 118 valence electrons. The van der Waals surface area contributed by atoms with Crippen molar-refractivity contribution < 1.29 is 0 Å². The maximum atomic E-state index is 5.51. The zero-order valence-corrected chi connectivity index (χ0v) is 13.7. The molecule has 1 aromatic heterocycles. The Balaban J connectivity index is 2.31. The van der Waals surface area contributed by atoms with Gasteiger partial charge in [0.2, 0.25) is 17.8 Å². The highest BCUT2D eigenvalue weighted by atomic mass is 15.4. The normalized spacial score (nSPS) is 17.0. The fourth-order valence-electron chi connectivity index (χ4n) is 2.39. The maximum absolute atomic E-state index is 5.51. The first-order valence-corrected chi connectivity index (χ1v) is 7.53. The number of anilines is 3. The van der Waals surface area contributed by atoms with Crippen LogP contribution < -0.4 is 21.1 Å². The van der Waals surface area contributed by atoms with Crippen LogP contribution in [0.1, 0.15) is 40.5 Å². The van der Waals surface area contributed by atoms with Crippen molar-refractivity contribution in [1.29, 1.82) is 0 Å². The molecule has 0 saturated carbocycles. The first-order chi connectivity index (χ1) is 9.82. The Bertz CT molecular complexity index is 477. The first kappa shape index (κ1) is 15.8. The Morgan fingerprint density at radius 3 is 2.33 bits per heavy atom. The van der Waals surface area contributed by atoms with Gasteiger partial charge in [0, 0.05) is 26.2 Å². The number of hydrogen-bond donors (Lipinski definition) is 2. The quantitative estimate of drug-likeness (QED) is 0.645. The van der Waals surface area contributed by atoms with Crippen LogP contribution in [0.3, 0.4) is 0 Å². The largest absolute Gasteiger partial charge is 0.341 e. The number of hydrazine groups is 1. The van der Waals surface area contributed by atoms with Crippen LogP contribution in [0.4, 0.5) is 17.8 Å². The molecule has 21 heavy (non-hydrogen) atoms. The van der Waals surface area contributed by atoms with Crippen molar-refractivity contribution in [3.05, 3.63) is 0 Å². The second kappa shape index (κ2) is 6.01. The van der Waals surface area contributed by atoms with E-state index in [0.29, 0.717) is 17.8 Å². The predicted octanol–water partition coefficient (Wildman–Crippen LogP) is 1.63. The van der Waals surface area contributed by atoms with Crippen LogP contribution in [-0.2, 0) is 0 Å². The molecule has 2 rings (SSSR count).